The summed E-state index contributed by atoms with van der Waals surface area (Å²) >= 11 is 0. The number of hydrogen-bond acceptors (Lipinski definition) is 2. The van der Waals surface area contributed by atoms with E-state index in [1.807, 2.05) is 6.92 Å². The lowest BCUT2D eigenvalue weighted by Crippen LogP contribution is -2.24. The van der Waals surface area contributed by atoms with Crippen LogP contribution in [-0.2, 0) is 4.79 Å². The number of nitrogens with zero attached hydrogens (tertiary/aromatic N) is 1. The van der Waals surface area contributed by atoms with Gasteiger partial charge in [-0.25, -0.2) is 0 Å². The van der Waals surface area contributed by atoms with Crippen LogP contribution < -0.4 is 0 Å². The summed E-state index contributed by atoms with van der Waals surface area (Å²) in [6, 6.07) is 0. The molecule has 1 fully saturated rings. The largest absolute Gasteiger partial charge is 0.369 e. The van der Waals surface area contributed by atoms with Crippen molar-refractivity contribution in [2.75, 3.05) is 13.1 Å². The first-order valence-electron chi connectivity index (χ1n) is 5.21. The van der Waals surface area contributed by atoms with Gasteiger partial charge in [0, 0.05) is 19.0 Å². The smallest absolute Gasteiger partial charge is 0.181 e. The highest BCUT2D eigenvalue weighted by Gasteiger charge is 2.33. The molecule has 1 aliphatic heterocycles. The molecular weight excluding hydrogens is 162 g/mol. The van der Waals surface area contributed by atoms with Crippen molar-refractivity contribution in [3.8, 4) is 0 Å². The maximum absolute atomic E-state index is 11.8. The minimum absolute atomic E-state index is 0.204. The average Bonchev–Trinajstić information content (AvgIpc) is 2.70. The maximum atomic E-state index is 11.8. The van der Waals surface area contributed by atoms with Crippen LogP contribution in [0.3, 0.4) is 0 Å². The Morgan fingerprint density at radius 2 is 1.92 bits per heavy atom. The second-order valence-corrected chi connectivity index (χ2v) is 4.26. The van der Waals surface area contributed by atoms with Gasteiger partial charge in [-0.1, -0.05) is 19.9 Å². The summed E-state index contributed by atoms with van der Waals surface area (Å²) in [5.41, 5.74) is 0.998. The van der Waals surface area contributed by atoms with Crippen molar-refractivity contribution < 1.29 is 4.79 Å². The van der Waals surface area contributed by atoms with Gasteiger partial charge in [0.2, 0.25) is 0 Å². The third kappa shape index (κ3) is 1.38. The van der Waals surface area contributed by atoms with E-state index in [4.69, 9.17) is 0 Å². The van der Waals surface area contributed by atoms with E-state index in [0.29, 0.717) is 11.7 Å². The second-order valence-electron chi connectivity index (χ2n) is 4.26. The lowest BCUT2D eigenvalue weighted by molar-refractivity contribution is -0.119. The third-order valence-electron chi connectivity index (χ3n) is 3.32. The Bertz CT molecular complexity index is 251. The van der Waals surface area contributed by atoms with Gasteiger partial charge in [0.05, 0.1) is 5.70 Å². The number of carbonyl (C=O) groups is 1. The van der Waals surface area contributed by atoms with Gasteiger partial charge in [0.1, 0.15) is 0 Å². The summed E-state index contributed by atoms with van der Waals surface area (Å²) in [7, 11) is 0. The van der Waals surface area contributed by atoms with Crippen LogP contribution in [0.4, 0.5) is 0 Å². The molecule has 72 valence electrons. The molecule has 0 amide bonds. The molecule has 2 unspecified atom stereocenters. The highest BCUT2D eigenvalue weighted by Crippen LogP contribution is 2.30. The van der Waals surface area contributed by atoms with Crippen LogP contribution in [0.2, 0.25) is 0 Å². The fourth-order valence-corrected chi connectivity index (χ4v) is 2.17. The molecule has 1 saturated heterocycles. The molecule has 2 atom stereocenters. The molecule has 0 aromatic rings. The Morgan fingerprint density at radius 3 is 2.38 bits per heavy atom. The standard InChI is InChI=1S/C11H17NO/c1-8-7-10(11(13)9(8)2)12-5-3-4-6-12/h7-9H,3-6H2,1-2H3. The van der Waals surface area contributed by atoms with Crippen LogP contribution in [0.15, 0.2) is 11.8 Å². The minimum Gasteiger partial charge on any atom is -0.369 e. The highest BCUT2D eigenvalue weighted by molar-refractivity contribution is 5.99. The van der Waals surface area contributed by atoms with E-state index >= 15 is 0 Å². The Kier molecular flexibility index (Phi) is 2.14. The van der Waals surface area contributed by atoms with Gasteiger partial charge < -0.3 is 4.90 Å². The van der Waals surface area contributed by atoms with Gasteiger partial charge in [-0.2, -0.15) is 0 Å². The summed E-state index contributed by atoms with van der Waals surface area (Å²) in [5.74, 6) is 0.994. The zero-order chi connectivity index (χ0) is 9.42. The number of carbonyl (C=O) groups excluding carboxylic acids is 1. The van der Waals surface area contributed by atoms with Crippen molar-refractivity contribution in [3.63, 3.8) is 0 Å². The van der Waals surface area contributed by atoms with Crippen LogP contribution in [0, 0.1) is 11.8 Å². The van der Waals surface area contributed by atoms with Crippen LogP contribution >= 0.6 is 0 Å². The summed E-state index contributed by atoms with van der Waals surface area (Å²) in [6.45, 7) is 6.33. The summed E-state index contributed by atoms with van der Waals surface area (Å²) in [5, 5.41) is 0. The predicted molar refractivity (Wildman–Crippen MR) is 52.2 cm³/mol. The Labute approximate surface area is 79.6 Å². The van der Waals surface area contributed by atoms with Gasteiger partial charge in [-0.3, -0.25) is 4.79 Å². The van der Waals surface area contributed by atoms with E-state index in [0.717, 1.165) is 18.8 Å². The van der Waals surface area contributed by atoms with E-state index in [1.54, 1.807) is 0 Å². The summed E-state index contributed by atoms with van der Waals surface area (Å²) < 4.78 is 0. The van der Waals surface area contributed by atoms with E-state index < -0.39 is 0 Å². The predicted octanol–water partition coefficient (Wildman–Crippen LogP) is 1.82. The summed E-state index contributed by atoms with van der Waals surface area (Å²) in [4.78, 5) is 14.0. The zero-order valence-electron chi connectivity index (χ0n) is 8.42. The van der Waals surface area contributed by atoms with Crippen molar-refractivity contribution in [1.82, 2.24) is 4.90 Å². The lowest BCUT2D eigenvalue weighted by atomic mass is 9.99. The Morgan fingerprint density at radius 1 is 1.31 bits per heavy atom. The summed E-state index contributed by atoms with van der Waals surface area (Å²) in [6.07, 6.45) is 4.64. The van der Waals surface area contributed by atoms with Crippen molar-refractivity contribution in [2.24, 2.45) is 11.8 Å². The van der Waals surface area contributed by atoms with Crippen molar-refractivity contribution in [3.05, 3.63) is 11.8 Å². The van der Waals surface area contributed by atoms with E-state index in [2.05, 4.69) is 17.9 Å². The number of Topliss-reactive ketones (excluding diaryl/α,β-unsaturated/α-hetero) is 1. The number of allylic oxidation sites excluding steroid dienone is 2. The Hall–Kier alpha value is -0.790. The molecule has 0 radical (unpaired) electrons. The fraction of sp³-hybridized carbons (Fsp3) is 0.727. The molecular formula is C11H17NO. The number of rotatable bonds is 1. The molecule has 2 rings (SSSR count). The molecule has 0 saturated carbocycles. The van der Waals surface area contributed by atoms with Gasteiger partial charge in [-0.05, 0) is 18.8 Å². The van der Waals surface area contributed by atoms with E-state index in [-0.39, 0.29) is 5.92 Å². The van der Waals surface area contributed by atoms with Crippen molar-refractivity contribution >= 4 is 5.78 Å². The number of likely N-dealkylation sites (tertiary alicyclic amines) is 1. The Balaban J connectivity index is 2.15. The first-order valence-corrected chi connectivity index (χ1v) is 5.21. The quantitative estimate of drug-likeness (QED) is 0.612. The topological polar surface area (TPSA) is 20.3 Å². The van der Waals surface area contributed by atoms with Crippen LogP contribution in [0.1, 0.15) is 26.7 Å². The van der Waals surface area contributed by atoms with Crippen molar-refractivity contribution in [1.29, 1.82) is 0 Å². The van der Waals surface area contributed by atoms with Gasteiger partial charge in [0.25, 0.3) is 0 Å². The monoisotopic (exact) mass is 179 g/mol. The third-order valence-corrected chi connectivity index (χ3v) is 3.32. The van der Waals surface area contributed by atoms with E-state index in [9.17, 15) is 4.79 Å². The molecule has 0 spiro atoms. The first kappa shape index (κ1) is 8.79. The molecule has 2 heteroatoms. The fourth-order valence-electron chi connectivity index (χ4n) is 2.17. The molecule has 1 heterocycles. The highest BCUT2D eigenvalue weighted by atomic mass is 16.1. The zero-order valence-corrected chi connectivity index (χ0v) is 8.42. The molecule has 2 aliphatic rings. The normalized spacial score (nSPS) is 34.2. The first-order chi connectivity index (χ1) is 6.20. The van der Waals surface area contributed by atoms with Crippen molar-refractivity contribution in [2.45, 2.75) is 26.7 Å². The lowest BCUT2D eigenvalue weighted by Gasteiger charge is -2.17. The van der Waals surface area contributed by atoms with Crippen LogP contribution in [-0.4, -0.2) is 23.8 Å². The van der Waals surface area contributed by atoms with Crippen LogP contribution in [0.5, 0.6) is 0 Å². The van der Waals surface area contributed by atoms with Gasteiger partial charge >= 0.3 is 0 Å². The minimum atomic E-state index is 0.204. The van der Waals surface area contributed by atoms with Gasteiger partial charge in [0.15, 0.2) is 5.78 Å². The molecule has 1 aliphatic carbocycles. The average molecular weight is 179 g/mol. The van der Waals surface area contributed by atoms with E-state index in [1.165, 1.54) is 12.8 Å². The molecule has 0 aromatic heterocycles. The molecule has 13 heavy (non-hydrogen) atoms. The second kappa shape index (κ2) is 3.17. The SMILES string of the molecule is CC1C=C(N2CCCC2)C(=O)C1C. The number of hydrogen-bond donors (Lipinski definition) is 0. The molecule has 0 aromatic carbocycles. The molecule has 2 nitrogen and oxygen atoms in total. The molecule has 0 N–H and O–H groups in total. The maximum Gasteiger partial charge on any atom is 0.181 e. The molecule has 0 bridgehead atoms. The van der Waals surface area contributed by atoms with Crippen LogP contribution in [0.25, 0.3) is 0 Å². The van der Waals surface area contributed by atoms with Gasteiger partial charge in [-0.15, -0.1) is 0 Å². The number of ketones is 1.